The summed E-state index contributed by atoms with van der Waals surface area (Å²) >= 11 is 5.23. The van der Waals surface area contributed by atoms with Gasteiger partial charge in [-0.25, -0.2) is 0 Å². The monoisotopic (exact) mass is 218 g/mol. The fraction of sp³-hybridized carbons (Fsp3) is 0.500. The molecule has 15 heavy (non-hydrogen) atoms. The van der Waals surface area contributed by atoms with Crippen LogP contribution in [0.25, 0.3) is 0 Å². The zero-order valence-corrected chi connectivity index (χ0v) is 10.2. The maximum atomic E-state index is 5.23. The zero-order chi connectivity index (χ0) is 10.7. The molecule has 0 fully saturated rings. The lowest BCUT2D eigenvalue weighted by molar-refractivity contribution is 0.617. The highest BCUT2D eigenvalue weighted by Crippen LogP contribution is 2.21. The summed E-state index contributed by atoms with van der Waals surface area (Å²) in [5, 5.41) is 0. The van der Waals surface area contributed by atoms with Crippen molar-refractivity contribution in [1.82, 2.24) is 0 Å². The van der Waals surface area contributed by atoms with E-state index in [9.17, 15) is 0 Å². The fourth-order valence-electron chi connectivity index (χ4n) is 2.31. The Morgan fingerprint density at radius 2 is 1.67 bits per heavy atom. The second kappa shape index (κ2) is 4.89. The summed E-state index contributed by atoms with van der Waals surface area (Å²) in [7, 11) is 0. The van der Waals surface area contributed by atoms with Crippen molar-refractivity contribution in [3.63, 3.8) is 0 Å². The van der Waals surface area contributed by atoms with Gasteiger partial charge in [0.25, 0.3) is 0 Å². The molecule has 1 aromatic rings. The average Bonchev–Trinajstić information content (AvgIpc) is 2.18. The quantitative estimate of drug-likeness (QED) is 0.505. The molecule has 0 aliphatic heterocycles. The lowest BCUT2D eigenvalue weighted by Gasteiger charge is -2.14. The summed E-state index contributed by atoms with van der Waals surface area (Å²) in [6, 6.07) is 6.78. The molecular weight excluding hydrogens is 200 g/mol. The Labute approximate surface area is 97.7 Å². The van der Waals surface area contributed by atoms with Crippen molar-refractivity contribution in [3.8, 4) is 0 Å². The van der Waals surface area contributed by atoms with Gasteiger partial charge >= 0.3 is 0 Å². The first-order valence-corrected chi connectivity index (χ1v) is 6.31. The molecule has 1 aromatic carbocycles. The van der Waals surface area contributed by atoms with E-state index >= 15 is 0 Å². The van der Waals surface area contributed by atoms with Gasteiger partial charge in [0.05, 0.1) is 0 Å². The maximum Gasteiger partial charge on any atom is 0.0193 e. The van der Waals surface area contributed by atoms with E-state index in [1.54, 1.807) is 5.56 Å². The van der Waals surface area contributed by atoms with Crippen LogP contribution in [0.2, 0.25) is 0 Å². The molecule has 0 bridgehead atoms. The average molecular weight is 218 g/mol. The lowest BCUT2D eigenvalue weighted by atomic mass is 9.91. The number of hydrogen-bond donors (Lipinski definition) is 0. The summed E-state index contributed by atoms with van der Waals surface area (Å²) in [6.07, 6.45) is 7.97. The molecule has 0 aromatic heterocycles. The van der Waals surface area contributed by atoms with Gasteiger partial charge in [-0.2, -0.15) is 0 Å². The molecule has 0 nitrogen and oxygen atoms in total. The third-order valence-corrected chi connectivity index (χ3v) is 3.49. The number of thiocarbonyl (C=S) groups is 1. The van der Waals surface area contributed by atoms with Crippen LogP contribution in [0.4, 0.5) is 0 Å². The van der Waals surface area contributed by atoms with E-state index < -0.39 is 0 Å². The van der Waals surface area contributed by atoms with Crippen molar-refractivity contribution in [2.75, 3.05) is 0 Å². The highest BCUT2D eigenvalue weighted by atomic mass is 32.1. The SMILES string of the molecule is CC(=S)c1ccc2c(c1)CCCCCC2. The van der Waals surface area contributed by atoms with Crippen molar-refractivity contribution in [3.05, 3.63) is 34.9 Å². The Bertz CT molecular complexity index is 366. The maximum absolute atomic E-state index is 5.23. The van der Waals surface area contributed by atoms with Crippen LogP contribution < -0.4 is 0 Å². The second-order valence-corrected chi connectivity index (χ2v) is 5.07. The topological polar surface area (TPSA) is 0 Å². The molecule has 80 valence electrons. The Kier molecular flexibility index (Phi) is 3.53. The number of rotatable bonds is 1. The molecule has 0 saturated carbocycles. The Balaban J connectivity index is 2.31. The van der Waals surface area contributed by atoms with Crippen molar-refractivity contribution in [1.29, 1.82) is 0 Å². The number of fused-ring (bicyclic) bond motifs is 1. The molecular formula is C14H18S. The van der Waals surface area contributed by atoms with Gasteiger partial charge in [-0.1, -0.05) is 43.3 Å². The summed E-state index contributed by atoms with van der Waals surface area (Å²) < 4.78 is 0. The highest BCUT2D eigenvalue weighted by Gasteiger charge is 2.07. The van der Waals surface area contributed by atoms with Gasteiger partial charge in [-0.15, -0.1) is 0 Å². The summed E-state index contributed by atoms with van der Waals surface area (Å²) in [6.45, 7) is 2.01. The van der Waals surface area contributed by atoms with Gasteiger partial charge in [0.15, 0.2) is 0 Å². The van der Waals surface area contributed by atoms with E-state index in [0.29, 0.717) is 0 Å². The largest absolute Gasteiger partial charge is 0.0846 e. The van der Waals surface area contributed by atoms with Crippen LogP contribution in [0.15, 0.2) is 18.2 Å². The van der Waals surface area contributed by atoms with Crippen molar-refractivity contribution < 1.29 is 0 Å². The molecule has 0 saturated heterocycles. The zero-order valence-electron chi connectivity index (χ0n) is 9.38. The van der Waals surface area contributed by atoms with Crippen LogP contribution >= 0.6 is 12.2 Å². The first kappa shape index (κ1) is 10.8. The van der Waals surface area contributed by atoms with Gasteiger partial charge in [-0.05, 0) is 49.3 Å². The van der Waals surface area contributed by atoms with Gasteiger partial charge < -0.3 is 0 Å². The molecule has 0 atom stereocenters. The third kappa shape index (κ3) is 2.66. The van der Waals surface area contributed by atoms with Gasteiger partial charge in [-0.3, -0.25) is 0 Å². The molecule has 0 N–H and O–H groups in total. The number of aryl methyl sites for hydroxylation is 2. The van der Waals surface area contributed by atoms with Crippen molar-refractivity contribution in [2.24, 2.45) is 0 Å². The molecule has 0 heterocycles. The first-order chi connectivity index (χ1) is 7.27. The van der Waals surface area contributed by atoms with E-state index in [4.69, 9.17) is 12.2 Å². The standard InChI is InChI=1S/C14H18S/c1-11(15)13-9-8-12-6-4-2-3-5-7-14(12)10-13/h8-10H,2-7H2,1H3. The molecule has 0 spiro atoms. The van der Waals surface area contributed by atoms with Crippen LogP contribution in [0.1, 0.15) is 49.3 Å². The fourth-order valence-corrected chi connectivity index (χ4v) is 2.43. The van der Waals surface area contributed by atoms with Crippen molar-refractivity contribution in [2.45, 2.75) is 45.4 Å². The van der Waals surface area contributed by atoms with Crippen LogP contribution in [-0.4, -0.2) is 4.86 Å². The molecule has 1 aliphatic rings. The van der Waals surface area contributed by atoms with E-state index in [1.807, 2.05) is 6.92 Å². The Morgan fingerprint density at radius 3 is 2.33 bits per heavy atom. The summed E-state index contributed by atoms with van der Waals surface area (Å²) in [4.78, 5) is 1.01. The van der Waals surface area contributed by atoms with Gasteiger partial charge in [0.1, 0.15) is 0 Å². The normalized spacial score (nSPS) is 16.3. The summed E-state index contributed by atoms with van der Waals surface area (Å²) in [5.41, 5.74) is 4.33. The van der Waals surface area contributed by atoms with E-state index in [2.05, 4.69) is 18.2 Å². The molecule has 0 radical (unpaired) electrons. The van der Waals surface area contributed by atoms with Gasteiger partial charge in [0, 0.05) is 4.86 Å². The van der Waals surface area contributed by atoms with Crippen LogP contribution in [0.3, 0.4) is 0 Å². The lowest BCUT2D eigenvalue weighted by Crippen LogP contribution is -2.02. The molecule has 1 heteroatoms. The van der Waals surface area contributed by atoms with Crippen LogP contribution in [0.5, 0.6) is 0 Å². The third-order valence-electron chi connectivity index (χ3n) is 3.26. The predicted molar refractivity (Wildman–Crippen MR) is 69.7 cm³/mol. The van der Waals surface area contributed by atoms with E-state index in [1.165, 1.54) is 49.7 Å². The van der Waals surface area contributed by atoms with E-state index in [0.717, 1.165) is 4.86 Å². The van der Waals surface area contributed by atoms with E-state index in [-0.39, 0.29) is 0 Å². The Morgan fingerprint density at radius 1 is 1.00 bits per heavy atom. The minimum absolute atomic E-state index is 1.01. The van der Waals surface area contributed by atoms with Crippen LogP contribution in [-0.2, 0) is 12.8 Å². The smallest absolute Gasteiger partial charge is 0.0193 e. The number of hydrogen-bond acceptors (Lipinski definition) is 1. The number of benzene rings is 1. The molecule has 0 unspecified atom stereocenters. The summed E-state index contributed by atoms with van der Waals surface area (Å²) in [5.74, 6) is 0. The molecule has 2 rings (SSSR count). The first-order valence-electron chi connectivity index (χ1n) is 5.90. The predicted octanol–water partition coefficient (Wildman–Crippen LogP) is 4.08. The minimum Gasteiger partial charge on any atom is -0.0846 e. The van der Waals surface area contributed by atoms with Gasteiger partial charge in [0.2, 0.25) is 0 Å². The molecule has 0 amide bonds. The Hall–Kier alpha value is -0.690. The molecule has 1 aliphatic carbocycles. The highest BCUT2D eigenvalue weighted by molar-refractivity contribution is 7.80. The minimum atomic E-state index is 1.01. The van der Waals surface area contributed by atoms with Crippen molar-refractivity contribution >= 4 is 17.1 Å². The van der Waals surface area contributed by atoms with Crippen LogP contribution in [0, 0.1) is 0 Å². The second-order valence-electron chi connectivity index (χ2n) is 4.45.